The second-order valence-corrected chi connectivity index (χ2v) is 10.2. The Balaban J connectivity index is 1.26. The van der Waals surface area contributed by atoms with Gasteiger partial charge < -0.3 is 9.64 Å². The minimum atomic E-state index is 0.0135. The Labute approximate surface area is 250 Å². The largest absolute Gasteiger partial charge is 0.457 e. The van der Waals surface area contributed by atoms with E-state index in [1.54, 1.807) is 12.2 Å². The molecular formula is C37H27N5O. The normalized spacial score (nSPS) is 14.3. The topological polar surface area (TPSA) is 58.4 Å². The molecule has 6 heteroatoms. The summed E-state index contributed by atoms with van der Waals surface area (Å²) < 4.78 is 8.30. The van der Waals surface area contributed by atoms with Crippen molar-refractivity contribution >= 4 is 39.8 Å². The smallest absolute Gasteiger partial charge is 0.269 e. The molecule has 0 spiro atoms. The molecule has 0 radical (unpaired) electrons. The third kappa shape index (κ3) is 5.59. The zero-order valence-electron chi connectivity index (χ0n) is 23.8. The number of benzene rings is 3. The first kappa shape index (κ1) is 27.1. The van der Waals surface area contributed by atoms with E-state index in [9.17, 15) is 5.26 Å². The minimum Gasteiger partial charge on any atom is -0.457 e. The lowest BCUT2D eigenvalue weighted by molar-refractivity contribution is 0.332. The maximum absolute atomic E-state index is 9.51. The zero-order chi connectivity index (χ0) is 29.8. The van der Waals surface area contributed by atoms with Gasteiger partial charge in [-0.05, 0) is 83.5 Å². The van der Waals surface area contributed by atoms with Gasteiger partial charge in [0.1, 0.15) is 17.2 Å². The van der Waals surface area contributed by atoms with Gasteiger partial charge in [0.05, 0.1) is 18.2 Å². The van der Waals surface area contributed by atoms with Crippen LogP contribution in [-0.2, 0) is 4.74 Å². The Hall–Kier alpha value is -6.11. The van der Waals surface area contributed by atoms with Crippen molar-refractivity contribution < 1.29 is 4.74 Å². The second-order valence-electron chi connectivity index (χ2n) is 10.2. The van der Waals surface area contributed by atoms with Crippen LogP contribution in [0.1, 0.15) is 11.1 Å². The van der Waals surface area contributed by atoms with Crippen LogP contribution in [0.3, 0.4) is 0 Å². The molecule has 0 unspecified atom stereocenters. The third-order valence-corrected chi connectivity index (χ3v) is 7.20. The van der Waals surface area contributed by atoms with Gasteiger partial charge in [-0.2, -0.15) is 0 Å². The molecule has 0 fully saturated rings. The molecular weight excluding hydrogens is 530 g/mol. The highest BCUT2D eigenvalue weighted by molar-refractivity contribution is 6.07. The number of nitriles is 1. The number of hydrogen-bond acceptors (Lipinski definition) is 4. The van der Waals surface area contributed by atoms with Crippen molar-refractivity contribution in [2.45, 2.75) is 0 Å². The number of hydrogen-bond donors (Lipinski definition) is 0. The van der Waals surface area contributed by atoms with Crippen LogP contribution in [-0.4, -0.2) is 23.6 Å². The van der Waals surface area contributed by atoms with Crippen LogP contribution < -0.4 is 4.90 Å². The van der Waals surface area contributed by atoms with Gasteiger partial charge in [0.25, 0.3) is 5.70 Å². The van der Waals surface area contributed by atoms with Gasteiger partial charge >= 0.3 is 0 Å². The summed E-state index contributed by atoms with van der Waals surface area (Å²) in [6.07, 6.45) is 12.8. The summed E-state index contributed by atoms with van der Waals surface area (Å²) >= 11 is 0. The highest BCUT2D eigenvalue weighted by atomic mass is 16.5. The number of para-hydroxylation sites is 1. The average molecular weight is 558 g/mol. The van der Waals surface area contributed by atoms with Crippen LogP contribution in [0.15, 0.2) is 138 Å². The Morgan fingerprint density at radius 3 is 2.09 bits per heavy atom. The Morgan fingerprint density at radius 1 is 0.837 bits per heavy atom. The van der Waals surface area contributed by atoms with Crippen LogP contribution in [0, 0.1) is 17.9 Å². The standard InChI is InChI=1S/C37H27N5O/c1-39-35(25-38)28-23-31(20-14-26-10-16-29(17-11-26)41(2)3)43-32(24-28)21-15-27-12-18-30(19-13-27)42-36-9-5-4-7-33(36)34-8-6-22-40-37(34)42/h4-24H,2-3H3/b20-14+,21-15+,35-28+. The first-order chi connectivity index (χ1) is 21.0. The molecule has 0 N–H and O–H groups in total. The predicted octanol–water partition coefficient (Wildman–Crippen LogP) is 8.47. The fourth-order valence-corrected chi connectivity index (χ4v) is 5.03. The van der Waals surface area contributed by atoms with E-state index < -0.39 is 0 Å². The first-order valence-electron chi connectivity index (χ1n) is 13.8. The summed E-state index contributed by atoms with van der Waals surface area (Å²) in [6.45, 7) is 7.43. The molecule has 0 saturated carbocycles. The van der Waals surface area contributed by atoms with E-state index in [0.29, 0.717) is 17.1 Å². The maximum atomic E-state index is 9.51. The van der Waals surface area contributed by atoms with Crippen molar-refractivity contribution in [2.75, 3.05) is 19.0 Å². The Kier molecular flexibility index (Phi) is 7.42. The molecule has 1 aliphatic rings. The number of rotatable bonds is 6. The van der Waals surface area contributed by atoms with Crippen molar-refractivity contribution in [1.29, 1.82) is 5.26 Å². The lowest BCUT2D eigenvalue weighted by atomic mass is 10.1. The van der Waals surface area contributed by atoms with Gasteiger partial charge in [-0.25, -0.2) is 15.1 Å². The highest BCUT2D eigenvalue weighted by Crippen LogP contribution is 2.31. The van der Waals surface area contributed by atoms with E-state index in [4.69, 9.17) is 11.3 Å². The molecule has 43 heavy (non-hydrogen) atoms. The molecule has 3 aromatic carbocycles. The minimum absolute atomic E-state index is 0.0135. The van der Waals surface area contributed by atoms with E-state index in [0.717, 1.165) is 39.1 Å². The molecule has 0 aliphatic carbocycles. The van der Waals surface area contributed by atoms with Gasteiger partial charge in [0.15, 0.2) is 0 Å². The second kappa shape index (κ2) is 11.8. The molecule has 6 rings (SSSR count). The molecule has 6 nitrogen and oxygen atoms in total. The number of aromatic nitrogens is 2. The zero-order valence-corrected chi connectivity index (χ0v) is 23.8. The monoisotopic (exact) mass is 557 g/mol. The summed E-state index contributed by atoms with van der Waals surface area (Å²) in [5.41, 5.74) is 6.67. The van der Waals surface area contributed by atoms with Crippen molar-refractivity contribution in [2.24, 2.45) is 0 Å². The molecule has 206 valence electrons. The van der Waals surface area contributed by atoms with Crippen molar-refractivity contribution in [1.82, 2.24) is 9.55 Å². The van der Waals surface area contributed by atoms with E-state index in [1.807, 2.05) is 110 Å². The molecule has 0 atom stereocenters. The van der Waals surface area contributed by atoms with Crippen molar-refractivity contribution in [3.8, 4) is 11.8 Å². The van der Waals surface area contributed by atoms with E-state index >= 15 is 0 Å². The Morgan fingerprint density at radius 2 is 1.47 bits per heavy atom. The van der Waals surface area contributed by atoms with E-state index in [2.05, 4.69) is 44.7 Å². The average Bonchev–Trinajstić information content (AvgIpc) is 3.38. The van der Waals surface area contributed by atoms with E-state index in [1.165, 1.54) is 5.39 Å². The van der Waals surface area contributed by atoms with Crippen molar-refractivity contribution in [3.63, 3.8) is 0 Å². The summed E-state index contributed by atoms with van der Waals surface area (Å²) in [5.74, 6) is 1.08. The molecule has 1 aliphatic heterocycles. The number of fused-ring (bicyclic) bond motifs is 3. The van der Waals surface area contributed by atoms with Gasteiger partial charge in [0.2, 0.25) is 0 Å². The fraction of sp³-hybridized carbons (Fsp3) is 0.0541. The number of pyridine rings is 1. The third-order valence-electron chi connectivity index (χ3n) is 7.20. The Bertz CT molecular complexity index is 2000. The molecule has 2 aromatic heterocycles. The SMILES string of the molecule is [C-]#[N+]/C(C#N)=C1C=C(/C=C/c2ccc(N(C)C)cc2)OC(/C=C/c2ccc(-n3c4ccccc4c4cccnc43)cc2)=C\1. The van der Waals surface area contributed by atoms with Gasteiger partial charge in [0, 0.05) is 42.4 Å². The van der Waals surface area contributed by atoms with Crippen molar-refractivity contribution in [3.05, 3.63) is 161 Å². The van der Waals surface area contributed by atoms with Crippen LogP contribution >= 0.6 is 0 Å². The van der Waals surface area contributed by atoms with Gasteiger partial charge in [-0.3, -0.25) is 4.57 Å². The molecule has 3 heterocycles. The molecule has 0 amide bonds. The lowest BCUT2D eigenvalue weighted by Crippen LogP contribution is -2.07. The number of ether oxygens (including phenoxy) is 1. The summed E-state index contributed by atoms with van der Waals surface area (Å²) in [7, 11) is 4.01. The fourth-order valence-electron chi connectivity index (χ4n) is 5.03. The van der Waals surface area contributed by atoms with Crippen LogP contribution in [0.2, 0.25) is 0 Å². The highest BCUT2D eigenvalue weighted by Gasteiger charge is 2.13. The summed E-state index contributed by atoms with van der Waals surface area (Å²) in [6, 6.07) is 30.8. The summed E-state index contributed by atoms with van der Waals surface area (Å²) in [5, 5.41) is 11.8. The van der Waals surface area contributed by atoms with Crippen LogP contribution in [0.4, 0.5) is 5.69 Å². The lowest BCUT2D eigenvalue weighted by Gasteiger charge is -2.14. The van der Waals surface area contributed by atoms with E-state index in [-0.39, 0.29) is 5.70 Å². The quantitative estimate of drug-likeness (QED) is 0.155. The molecule has 0 bridgehead atoms. The summed E-state index contributed by atoms with van der Waals surface area (Å²) in [4.78, 5) is 10.1. The van der Waals surface area contributed by atoms with Gasteiger partial charge in [-0.15, -0.1) is 0 Å². The van der Waals surface area contributed by atoms with Gasteiger partial charge in [-0.1, -0.05) is 54.6 Å². The maximum Gasteiger partial charge on any atom is 0.269 e. The number of nitrogens with zero attached hydrogens (tertiary/aromatic N) is 5. The molecule has 0 saturated heterocycles. The van der Waals surface area contributed by atoms with Crippen LogP contribution in [0.25, 0.3) is 44.6 Å². The molecule has 5 aromatic rings. The number of anilines is 1. The predicted molar refractivity (Wildman–Crippen MR) is 174 cm³/mol. The van der Waals surface area contributed by atoms with Crippen LogP contribution in [0.5, 0.6) is 0 Å². The number of allylic oxidation sites excluding steroid dienone is 6. The first-order valence-corrected chi connectivity index (χ1v) is 13.8.